The third-order valence-electron chi connectivity index (χ3n) is 11.3. The zero-order chi connectivity index (χ0) is 45.0. The molecule has 1 rings (SSSR count). The first-order valence-electron chi connectivity index (χ1n) is 24.1. The van der Waals surface area contributed by atoms with E-state index in [0.717, 1.165) is 77.0 Å². The molecule has 61 heavy (non-hydrogen) atoms. The van der Waals surface area contributed by atoms with Crippen molar-refractivity contribution in [1.82, 2.24) is 0 Å². The van der Waals surface area contributed by atoms with Gasteiger partial charge in [-0.1, -0.05) is 173 Å². The smallest absolute Gasteiger partial charge is 0.462 e. The lowest BCUT2D eigenvalue weighted by Crippen LogP contribution is -2.64. The molecule has 6 unspecified atom stereocenters. The molecule has 0 aromatic heterocycles. The van der Waals surface area contributed by atoms with Crippen LogP contribution >= 0.6 is 7.82 Å². The maximum atomic E-state index is 12.8. The number of hydrogen-bond acceptors (Lipinski definition) is 12. The van der Waals surface area contributed by atoms with Crippen LogP contribution in [0.2, 0.25) is 0 Å². The molecule has 0 aromatic carbocycles. The normalized spacial score (nSPS) is 22.2. The summed E-state index contributed by atoms with van der Waals surface area (Å²) in [5.41, 5.74) is 0. The molecule has 1 aliphatic carbocycles. The summed E-state index contributed by atoms with van der Waals surface area (Å²) in [6.07, 6.45) is 27.9. The first-order valence-corrected chi connectivity index (χ1v) is 25.6. The van der Waals surface area contributed by atoms with Gasteiger partial charge in [-0.3, -0.25) is 18.6 Å². The molecule has 0 amide bonds. The van der Waals surface area contributed by atoms with Crippen molar-refractivity contribution >= 4 is 19.8 Å². The summed E-state index contributed by atoms with van der Waals surface area (Å²) >= 11 is 0. The number of aliphatic hydroxyl groups excluding tert-OH is 5. The van der Waals surface area contributed by atoms with Crippen molar-refractivity contribution in [2.24, 2.45) is 0 Å². The van der Waals surface area contributed by atoms with Gasteiger partial charge in [0.15, 0.2) is 6.10 Å². The Balaban J connectivity index is 2.44. The van der Waals surface area contributed by atoms with Crippen LogP contribution in [0.15, 0.2) is 24.3 Å². The molecule has 14 heteroatoms. The van der Waals surface area contributed by atoms with Gasteiger partial charge >= 0.3 is 19.8 Å². The highest BCUT2D eigenvalue weighted by Crippen LogP contribution is 2.47. The van der Waals surface area contributed by atoms with Gasteiger partial charge in [0.05, 0.1) is 6.61 Å². The standard InChI is InChI=1S/C47H87O13P/c1-3-5-7-9-11-13-15-17-19-20-22-24-26-28-30-32-34-36-41(49)59-39(38-58-61(55,56)60-47-45(53)43(51)42(50)44(52)46(47)54)37-57-40(48)35-33-31-29-27-25-23-21-18-16-14-12-10-8-6-4-2/h11,13,17,19,39,42-47,50-54H,3-10,12,14-16,18,20-38H2,1-2H3,(H,55,56)/t39-,42?,43-,44?,45?,46?,47?/m1/s1. The number of aliphatic hydroxyl groups is 5. The summed E-state index contributed by atoms with van der Waals surface area (Å²) in [6, 6.07) is 0. The third-order valence-corrected chi connectivity index (χ3v) is 12.3. The number of unbranched alkanes of at least 4 members (excludes halogenated alkanes) is 24. The maximum absolute atomic E-state index is 12.8. The summed E-state index contributed by atoms with van der Waals surface area (Å²) in [4.78, 5) is 35.7. The Labute approximate surface area is 368 Å². The van der Waals surface area contributed by atoms with Crippen LogP contribution in [-0.4, -0.2) is 98.3 Å². The molecule has 0 bridgehead atoms. The topological polar surface area (TPSA) is 210 Å². The van der Waals surface area contributed by atoms with Crippen LogP contribution in [-0.2, 0) is 32.7 Å². The van der Waals surface area contributed by atoms with Crippen LogP contribution in [0.1, 0.15) is 206 Å². The molecule has 8 atom stereocenters. The van der Waals surface area contributed by atoms with Gasteiger partial charge in [0.1, 0.15) is 43.2 Å². The summed E-state index contributed by atoms with van der Waals surface area (Å²) in [5.74, 6) is -1.10. The Bertz CT molecular complexity index is 1170. The fraction of sp³-hybridized carbons (Fsp3) is 0.872. The molecule has 0 saturated heterocycles. The van der Waals surface area contributed by atoms with Gasteiger partial charge in [0, 0.05) is 12.8 Å². The fourth-order valence-corrected chi connectivity index (χ4v) is 8.35. The van der Waals surface area contributed by atoms with Crippen LogP contribution in [0, 0.1) is 0 Å². The Morgan fingerprint density at radius 1 is 0.508 bits per heavy atom. The van der Waals surface area contributed by atoms with Crippen molar-refractivity contribution in [3.05, 3.63) is 24.3 Å². The van der Waals surface area contributed by atoms with Gasteiger partial charge in [-0.05, 0) is 44.9 Å². The largest absolute Gasteiger partial charge is 0.472 e. The second kappa shape index (κ2) is 37.7. The number of phosphoric ester groups is 1. The molecule has 1 saturated carbocycles. The lowest BCUT2D eigenvalue weighted by atomic mass is 9.85. The van der Waals surface area contributed by atoms with E-state index >= 15 is 0 Å². The van der Waals surface area contributed by atoms with Crippen molar-refractivity contribution in [3.8, 4) is 0 Å². The van der Waals surface area contributed by atoms with Crippen LogP contribution in [0.3, 0.4) is 0 Å². The SMILES string of the molecule is CCCCCC=CCC=CCCCCCCCCCC(=O)O[C@H](COC(=O)CCCCCCCCCCCCCCCCC)COP(=O)(O)OC1C(O)C(O)C(O)[C@@H](O)C1O. The molecular weight excluding hydrogens is 803 g/mol. The monoisotopic (exact) mass is 891 g/mol. The van der Waals surface area contributed by atoms with Crippen molar-refractivity contribution in [2.45, 2.75) is 249 Å². The Morgan fingerprint density at radius 3 is 1.36 bits per heavy atom. The highest BCUT2D eigenvalue weighted by Gasteiger charge is 2.51. The molecule has 0 aliphatic heterocycles. The third kappa shape index (κ3) is 30.2. The molecule has 6 N–H and O–H groups in total. The minimum absolute atomic E-state index is 0.0905. The van der Waals surface area contributed by atoms with Gasteiger partial charge < -0.3 is 39.9 Å². The van der Waals surface area contributed by atoms with Crippen molar-refractivity contribution in [2.75, 3.05) is 13.2 Å². The van der Waals surface area contributed by atoms with E-state index in [9.17, 15) is 44.6 Å². The number of carbonyl (C=O) groups is 2. The fourth-order valence-electron chi connectivity index (χ4n) is 7.38. The Morgan fingerprint density at radius 2 is 0.885 bits per heavy atom. The molecular formula is C47H87O13P. The molecule has 1 fully saturated rings. The van der Waals surface area contributed by atoms with Crippen molar-refractivity contribution < 1.29 is 63.1 Å². The molecule has 0 heterocycles. The minimum atomic E-state index is -5.12. The van der Waals surface area contributed by atoms with E-state index in [-0.39, 0.29) is 12.8 Å². The Kier molecular flexibility index (Phi) is 35.4. The van der Waals surface area contributed by atoms with E-state index in [4.69, 9.17) is 18.5 Å². The highest BCUT2D eigenvalue weighted by molar-refractivity contribution is 7.47. The van der Waals surface area contributed by atoms with Gasteiger partial charge in [-0.2, -0.15) is 0 Å². The number of rotatable bonds is 40. The maximum Gasteiger partial charge on any atom is 0.472 e. The minimum Gasteiger partial charge on any atom is -0.462 e. The van der Waals surface area contributed by atoms with Crippen LogP contribution in [0.4, 0.5) is 0 Å². The lowest BCUT2D eigenvalue weighted by Gasteiger charge is -2.41. The first-order chi connectivity index (χ1) is 29.4. The second-order valence-corrected chi connectivity index (χ2v) is 18.4. The first kappa shape index (κ1) is 57.3. The molecule has 358 valence electrons. The molecule has 1 aliphatic rings. The number of esters is 2. The van der Waals surface area contributed by atoms with E-state index in [1.807, 2.05) is 0 Å². The van der Waals surface area contributed by atoms with Crippen molar-refractivity contribution in [3.63, 3.8) is 0 Å². The lowest BCUT2D eigenvalue weighted by molar-refractivity contribution is -0.220. The van der Waals surface area contributed by atoms with E-state index in [2.05, 4.69) is 38.2 Å². The molecule has 0 spiro atoms. The summed E-state index contributed by atoms with van der Waals surface area (Å²) in [5, 5.41) is 50.2. The van der Waals surface area contributed by atoms with E-state index < -0.39 is 75.7 Å². The van der Waals surface area contributed by atoms with Gasteiger partial charge in [0.2, 0.25) is 0 Å². The number of allylic oxidation sites excluding steroid dienone is 4. The van der Waals surface area contributed by atoms with Gasteiger partial charge in [-0.25, -0.2) is 4.57 Å². The predicted octanol–water partition coefficient (Wildman–Crippen LogP) is 9.62. The Hall–Kier alpha value is -1.67. The summed E-state index contributed by atoms with van der Waals surface area (Å²) < 4.78 is 33.6. The second-order valence-electron chi connectivity index (χ2n) is 17.0. The molecule has 13 nitrogen and oxygen atoms in total. The zero-order valence-electron chi connectivity index (χ0n) is 38.0. The van der Waals surface area contributed by atoms with E-state index in [1.54, 1.807) is 0 Å². The average molecular weight is 891 g/mol. The number of ether oxygens (including phenoxy) is 2. The van der Waals surface area contributed by atoms with E-state index in [1.165, 1.54) is 89.9 Å². The molecule has 0 radical (unpaired) electrons. The highest BCUT2D eigenvalue weighted by atomic mass is 31.2. The number of carbonyl (C=O) groups excluding carboxylic acids is 2. The van der Waals surface area contributed by atoms with Gasteiger partial charge in [-0.15, -0.1) is 0 Å². The van der Waals surface area contributed by atoms with Crippen LogP contribution < -0.4 is 0 Å². The quantitative estimate of drug-likeness (QED) is 0.0147. The predicted molar refractivity (Wildman–Crippen MR) is 240 cm³/mol. The average Bonchev–Trinajstić information content (AvgIpc) is 3.24. The van der Waals surface area contributed by atoms with Gasteiger partial charge in [0.25, 0.3) is 0 Å². The summed E-state index contributed by atoms with van der Waals surface area (Å²) in [6.45, 7) is 3.29. The van der Waals surface area contributed by atoms with Crippen molar-refractivity contribution in [1.29, 1.82) is 0 Å². The van der Waals surface area contributed by atoms with E-state index in [0.29, 0.717) is 12.8 Å². The number of hydrogen-bond donors (Lipinski definition) is 6. The molecule has 0 aromatic rings. The zero-order valence-corrected chi connectivity index (χ0v) is 38.9. The van der Waals surface area contributed by atoms with Crippen LogP contribution in [0.25, 0.3) is 0 Å². The number of phosphoric acid groups is 1. The summed E-state index contributed by atoms with van der Waals surface area (Å²) in [7, 11) is -5.12. The van der Waals surface area contributed by atoms with Crippen LogP contribution in [0.5, 0.6) is 0 Å².